The molecule has 0 aromatic heterocycles. The molecule has 0 unspecified atom stereocenters. The highest BCUT2D eigenvalue weighted by molar-refractivity contribution is 9.10. The molecule has 0 N–H and O–H groups in total. The van der Waals surface area contributed by atoms with Gasteiger partial charge >= 0.3 is 0 Å². The van der Waals surface area contributed by atoms with Crippen LogP contribution in [0.3, 0.4) is 0 Å². The van der Waals surface area contributed by atoms with Gasteiger partial charge in [-0.1, -0.05) is 29.3 Å². The van der Waals surface area contributed by atoms with Gasteiger partial charge in [-0.3, -0.25) is 0 Å². The van der Waals surface area contributed by atoms with E-state index in [0.717, 1.165) is 10.0 Å². The molecule has 0 nitrogen and oxygen atoms in total. The predicted molar refractivity (Wildman–Crippen MR) is 53.7 cm³/mol. The highest BCUT2D eigenvalue weighted by Crippen LogP contribution is 2.33. The van der Waals surface area contributed by atoms with E-state index in [2.05, 4.69) is 15.9 Å². The molecule has 1 aromatic carbocycles. The number of hydrogen-bond acceptors (Lipinski definition) is 0. The van der Waals surface area contributed by atoms with Gasteiger partial charge < -0.3 is 0 Å². The molecule has 0 saturated carbocycles. The Labute approximate surface area is 88.6 Å². The molecule has 4 heteroatoms. The van der Waals surface area contributed by atoms with E-state index in [9.17, 15) is 0 Å². The number of hydrogen-bond donors (Lipinski definition) is 0. The highest BCUT2D eigenvalue weighted by Gasteiger charge is 2.06. The van der Waals surface area contributed by atoms with Gasteiger partial charge in [-0.2, -0.15) is 0 Å². The molecule has 0 fully saturated rings. The van der Waals surface area contributed by atoms with Crippen LogP contribution in [0, 0.1) is 0 Å². The first kappa shape index (κ1) is 9.66. The van der Waals surface area contributed by atoms with Gasteiger partial charge in [0, 0.05) is 10.4 Å². The van der Waals surface area contributed by atoms with Crippen LogP contribution in [-0.2, 0) is 5.88 Å². The maximum Gasteiger partial charge on any atom is 0.0737 e. The van der Waals surface area contributed by atoms with Crippen molar-refractivity contribution in [1.82, 2.24) is 0 Å². The maximum atomic E-state index is 5.82. The van der Waals surface area contributed by atoms with E-state index in [1.807, 2.05) is 6.07 Å². The van der Waals surface area contributed by atoms with Gasteiger partial charge in [-0.25, -0.2) is 0 Å². The summed E-state index contributed by atoms with van der Waals surface area (Å²) >= 11 is 20.5. The van der Waals surface area contributed by atoms with Crippen LogP contribution in [0.5, 0.6) is 0 Å². The van der Waals surface area contributed by atoms with E-state index in [1.54, 1.807) is 6.07 Å². The molecule has 0 aliphatic heterocycles. The number of alkyl halides is 1. The first-order valence-electron chi connectivity index (χ1n) is 2.85. The molecule has 0 heterocycles. The zero-order valence-electron chi connectivity index (χ0n) is 5.37. The minimum absolute atomic E-state index is 0.428. The van der Waals surface area contributed by atoms with Gasteiger partial charge in [0.25, 0.3) is 0 Å². The summed E-state index contributed by atoms with van der Waals surface area (Å²) in [5.74, 6) is 0.428. The zero-order valence-corrected chi connectivity index (χ0v) is 9.23. The summed E-state index contributed by atoms with van der Waals surface area (Å²) in [7, 11) is 0. The van der Waals surface area contributed by atoms with E-state index in [0.29, 0.717) is 15.9 Å². The predicted octanol–water partition coefficient (Wildman–Crippen LogP) is 4.49. The Morgan fingerprint density at radius 1 is 1.27 bits per heavy atom. The molecule has 11 heavy (non-hydrogen) atoms. The minimum atomic E-state index is 0.428. The molecular weight excluding hydrogens is 270 g/mol. The second kappa shape index (κ2) is 3.99. The lowest BCUT2D eigenvalue weighted by Crippen LogP contribution is -1.81. The number of halogens is 4. The van der Waals surface area contributed by atoms with E-state index in [4.69, 9.17) is 34.8 Å². The van der Waals surface area contributed by atoms with Crippen LogP contribution in [0.1, 0.15) is 5.56 Å². The SMILES string of the molecule is ClCc1ccc(Cl)c(Cl)c1Br. The third kappa shape index (κ3) is 2.03. The highest BCUT2D eigenvalue weighted by atomic mass is 79.9. The van der Waals surface area contributed by atoms with E-state index >= 15 is 0 Å². The first-order valence-corrected chi connectivity index (χ1v) is 4.93. The van der Waals surface area contributed by atoms with Crippen LogP contribution in [0.15, 0.2) is 16.6 Å². The third-order valence-electron chi connectivity index (χ3n) is 1.26. The summed E-state index contributed by atoms with van der Waals surface area (Å²) in [5.41, 5.74) is 0.945. The fourth-order valence-electron chi connectivity index (χ4n) is 0.669. The van der Waals surface area contributed by atoms with Crippen molar-refractivity contribution >= 4 is 50.7 Å². The van der Waals surface area contributed by atoms with Crippen LogP contribution in [0.25, 0.3) is 0 Å². The largest absolute Gasteiger partial charge is 0.122 e. The van der Waals surface area contributed by atoms with Crippen LogP contribution >= 0.6 is 50.7 Å². The van der Waals surface area contributed by atoms with Gasteiger partial charge in [0.1, 0.15) is 0 Å². The summed E-state index contributed by atoms with van der Waals surface area (Å²) in [6.45, 7) is 0. The Morgan fingerprint density at radius 3 is 2.45 bits per heavy atom. The summed E-state index contributed by atoms with van der Waals surface area (Å²) in [5, 5.41) is 1.05. The molecule has 0 aliphatic rings. The van der Waals surface area contributed by atoms with E-state index in [1.165, 1.54) is 0 Å². The average molecular weight is 274 g/mol. The maximum absolute atomic E-state index is 5.82. The van der Waals surface area contributed by atoms with Gasteiger partial charge in [0.2, 0.25) is 0 Å². The second-order valence-corrected chi connectivity index (χ2v) is 3.81. The van der Waals surface area contributed by atoms with Crippen molar-refractivity contribution in [2.24, 2.45) is 0 Å². The molecule has 0 saturated heterocycles. The Morgan fingerprint density at radius 2 is 1.91 bits per heavy atom. The molecule has 0 aliphatic carbocycles. The third-order valence-corrected chi connectivity index (χ3v) is 3.49. The van der Waals surface area contributed by atoms with E-state index < -0.39 is 0 Å². The van der Waals surface area contributed by atoms with Crippen LogP contribution in [0.4, 0.5) is 0 Å². The molecule has 0 amide bonds. The summed E-state index contributed by atoms with van der Waals surface area (Å²) < 4.78 is 0.779. The van der Waals surface area contributed by atoms with Crippen molar-refractivity contribution in [3.05, 3.63) is 32.2 Å². The first-order chi connectivity index (χ1) is 5.16. The van der Waals surface area contributed by atoms with Crippen molar-refractivity contribution in [2.75, 3.05) is 0 Å². The van der Waals surface area contributed by atoms with Crippen molar-refractivity contribution in [1.29, 1.82) is 0 Å². The second-order valence-electron chi connectivity index (χ2n) is 1.97. The van der Waals surface area contributed by atoms with Crippen LogP contribution in [0.2, 0.25) is 10.0 Å². The molecule has 60 valence electrons. The Balaban J connectivity index is 3.25. The number of rotatable bonds is 1. The standard InChI is InChI=1S/C7H4BrCl3/c8-6-4(3-9)1-2-5(10)7(6)11/h1-2H,3H2. The van der Waals surface area contributed by atoms with Crippen LogP contribution in [-0.4, -0.2) is 0 Å². The summed E-state index contributed by atoms with van der Waals surface area (Å²) in [6, 6.07) is 3.57. The molecule has 0 radical (unpaired) electrons. The molecule has 0 atom stereocenters. The Hall–Kier alpha value is 0.570. The van der Waals surface area contributed by atoms with Crippen molar-refractivity contribution in [3.63, 3.8) is 0 Å². The van der Waals surface area contributed by atoms with Crippen molar-refractivity contribution < 1.29 is 0 Å². The van der Waals surface area contributed by atoms with Gasteiger partial charge in [0.15, 0.2) is 0 Å². The molecule has 0 spiro atoms. The van der Waals surface area contributed by atoms with Gasteiger partial charge in [-0.05, 0) is 27.6 Å². The van der Waals surface area contributed by atoms with E-state index in [-0.39, 0.29) is 0 Å². The topological polar surface area (TPSA) is 0 Å². The fraction of sp³-hybridized carbons (Fsp3) is 0.143. The van der Waals surface area contributed by atoms with Gasteiger partial charge in [0.05, 0.1) is 10.0 Å². The molecule has 1 aromatic rings. The smallest absolute Gasteiger partial charge is 0.0737 e. The monoisotopic (exact) mass is 272 g/mol. The lowest BCUT2D eigenvalue weighted by atomic mass is 10.2. The fourth-order valence-corrected chi connectivity index (χ4v) is 2.00. The zero-order chi connectivity index (χ0) is 8.43. The number of benzene rings is 1. The van der Waals surface area contributed by atoms with Crippen LogP contribution < -0.4 is 0 Å². The minimum Gasteiger partial charge on any atom is -0.122 e. The lowest BCUT2D eigenvalue weighted by Gasteiger charge is -2.02. The van der Waals surface area contributed by atoms with Crippen molar-refractivity contribution in [2.45, 2.75) is 5.88 Å². The molecule has 1 rings (SSSR count). The average Bonchev–Trinajstić information content (AvgIpc) is 2.01. The Bertz CT molecular complexity index is 273. The van der Waals surface area contributed by atoms with Gasteiger partial charge in [-0.15, -0.1) is 11.6 Å². The summed E-state index contributed by atoms with van der Waals surface area (Å²) in [6.07, 6.45) is 0. The normalized spacial score (nSPS) is 10.2. The molecular formula is C7H4BrCl3. The quantitative estimate of drug-likeness (QED) is 0.522. The van der Waals surface area contributed by atoms with Crippen molar-refractivity contribution in [3.8, 4) is 0 Å². The summed E-state index contributed by atoms with van der Waals surface area (Å²) in [4.78, 5) is 0. The molecule has 0 bridgehead atoms. The lowest BCUT2D eigenvalue weighted by molar-refractivity contribution is 1.37. The Kier molecular flexibility index (Phi) is 3.51.